The number of piperazine rings is 1. The molecule has 5 nitrogen and oxygen atoms in total. The first-order valence-corrected chi connectivity index (χ1v) is 10.2. The maximum atomic E-state index is 12.7. The molecule has 2 amide bonds. The van der Waals surface area contributed by atoms with Crippen molar-refractivity contribution in [3.63, 3.8) is 0 Å². The molecule has 3 heterocycles. The number of nitrogens with zero attached hydrogens (tertiary/aromatic N) is 2. The van der Waals surface area contributed by atoms with Crippen LogP contribution in [0.1, 0.15) is 21.3 Å². The van der Waals surface area contributed by atoms with E-state index in [9.17, 15) is 9.59 Å². The number of hydrogen-bond acceptors (Lipinski definition) is 5. The third-order valence-electron chi connectivity index (χ3n) is 4.65. The summed E-state index contributed by atoms with van der Waals surface area (Å²) in [5, 5.41) is 2.04. The maximum absolute atomic E-state index is 12.7. The van der Waals surface area contributed by atoms with Crippen LogP contribution in [0.15, 0.2) is 47.8 Å². The van der Waals surface area contributed by atoms with Gasteiger partial charge in [0.25, 0.3) is 5.91 Å². The zero-order valence-corrected chi connectivity index (χ0v) is 17.0. The van der Waals surface area contributed by atoms with Crippen LogP contribution < -0.4 is 5.73 Å². The molecule has 0 bridgehead atoms. The van der Waals surface area contributed by atoms with Crippen LogP contribution in [0.5, 0.6) is 0 Å². The van der Waals surface area contributed by atoms with Gasteiger partial charge in [0.15, 0.2) is 0 Å². The number of amides is 2. The summed E-state index contributed by atoms with van der Waals surface area (Å²) in [5.41, 5.74) is 6.93. The molecule has 1 aliphatic rings. The summed E-state index contributed by atoms with van der Waals surface area (Å²) in [6.45, 7) is 2.12. The third-order valence-corrected chi connectivity index (χ3v) is 6.73. The molecule has 0 spiro atoms. The third kappa shape index (κ3) is 4.01. The SMILES string of the molecule is Cl.NC(C(=O)N1CCN(C(=O)c2cc3sccc3s2)CC1)c1ccccc1. The fourth-order valence-electron chi connectivity index (χ4n) is 3.16. The van der Waals surface area contributed by atoms with Gasteiger partial charge in [0.2, 0.25) is 5.91 Å². The lowest BCUT2D eigenvalue weighted by Crippen LogP contribution is -2.52. The fourth-order valence-corrected chi connectivity index (χ4v) is 5.23. The topological polar surface area (TPSA) is 66.6 Å². The Balaban J connectivity index is 0.00000210. The second kappa shape index (κ2) is 8.39. The van der Waals surface area contributed by atoms with E-state index in [-0.39, 0.29) is 24.2 Å². The minimum Gasteiger partial charge on any atom is -0.337 e. The average Bonchev–Trinajstić information content (AvgIpc) is 3.29. The highest BCUT2D eigenvalue weighted by molar-refractivity contribution is 7.27. The van der Waals surface area contributed by atoms with Crippen molar-refractivity contribution in [2.75, 3.05) is 26.2 Å². The predicted octanol–water partition coefficient (Wildman–Crippen LogP) is 3.37. The Morgan fingerprint density at radius 1 is 0.963 bits per heavy atom. The summed E-state index contributed by atoms with van der Waals surface area (Å²) in [6.07, 6.45) is 0. The minimum atomic E-state index is -0.650. The van der Waals surface area contributed by atoms with E-state index in [0.717, 1.165) is 19.8 Å². The summed E-state index contributed by atoms with van der Waals surface area (Å²) < 4.78 is 2.31. The largest absolute Gasteiger partial charge is 0.337 e. The van der Waals surface area contributed by atoms with Crippen molar-refractivity contribution in [3.8, 4) is 0 Å². The molecule has 2 aromatic heterocycles. The van der Waals surface area contributed by atoms with Gasteiger partial charge in [-0.1, -0.05) is 30.3 Å². The molecule has 1 aliphatic heterocycles. The molecule has 3 aromatic rings. The number of carbonyl (C=O) groups excluding carboxylic acids is 2. The quantitative estimate of drug-likeness (QED) is 0.705. The molecule has 4 rings (SSSR count). The molecule has 27 heavy (non-hydrogen) atoms. The highest BCUT2D eigenvalue weighted by Crippen LogP contribution is 2.30. The van der Waals surface area contributed by atoms with E-state index in [0.29, 0.717) is 26.2 Å². The van der Waals surface area contributed by atoms with Gasteiger partial charge in [-0.25, -0.2) is 0 Å². The number of thiophene rings is 2. The number of rotatable bonds is 3. The summed E-state index contributed by atoms with van der Waals surface area (Å²) in [4.78, 5) is 29.7. The van der Waals surface area contributed by atoms with Gasteiger partial charge < -0.3 is 15.5 Å². The van der Waals surface area contributed by atoms with Crippen molar-refractivity contribution >= 4 is 56.3 Å². The van der Waals surface area contributed by atoms with E-state index in [1.165, 1.54) is 11.3 Å². The molecule has 2 N–H and O–H groups in total. The van der Waals surface area contributed by atoms with Crippen LogP contribution >= 0.6 is 35.1 Å². The highest BCUT2D eigenvalue weighted by Gasteiger charge is 2.28. The number of halogens is 1. The van der Waals surface area contributed by atoms with Crippen LogP contribution in [-0.4, -0.2) is 47.8 Å². The van der Waals surface area contributed by atoms with Crippen molar-refractivity contribution in [1.29, 1.82) is 0 Å². The van der Waals surface area contributed by atoms with Crippen LogP contribution in [0.4, 0.5) is 0 Å². The molecule has 8 heteroatoms. The van der Waals surface area contributed by atoms with Gasteiger partial charge in [0.05, 0.1) is 4.88 Å². The van der Waals surface area contributed by atoms with E-state index >= 15 is 0 Å². The van der Waals surface area contributed by atoms with Crippen LogP contribution in [0, 0.1) is 0 Å². The Morgan fingerprint density at radius 3 is 2.30 bits per heavy atom. The van der Waals surface area contributed by atoms with Gasteiger partial charge in [-0.05, 0) is 23.1 Å². The van der Waals surface area contributed by atoms with E-state index < -0.39 is 6.04 Å². The maximum Gasteiger partial charge on any atom is 0.264 e. The molecule has 1 fully saturated rings. The summed E-state index contributed by atoms with van der Waals surface area (Å²) in [6, 6.07) is 12.8. The van der Waals surface area contributed by atoms with Gasteiger partial charge in [-0.2, -0.15) is 0 Å². The van der Waals surface area contributed by atoms with Crippen molar-refractivity contribution in [2.45, 2.75) is 6.04 Å². The first-order valence-electron chi connectivity index (χ1n) is 8.49. The van der Waals surface area contributed by atoms with Gasteiger partial charge in [-0.15, -0.1) is 35.1 Å². The highest BCUT2D eigenvalue weighted by atomic mass is 35.5. The first kappa shape index (κ1) is 19.8. The lowest BCUT2D eigenvalue weighted by Gasteiger charge is -2.35. The van der Waals surface area contributed by atoms with Gasteiger partial charge >= 0.3 is 0 Å². The second-order valence-electron chi connectivity index (χ2n) is 6.27. The molecule has 0 saturated carbocycles. The molecule has 142 valence electrons. The number of benzene rings is 1. The molecule has 0 aliphatic carbocycles. The Morgan fingerprint density at radius 2 is 1.63 bits per heavy atom. The molecule has 0 radical (unpaired) electrons. The summed E-state index contributed by atoms with van der Waals surface area (Å²) in [7, 11) is 0. The zero-order valence-electron chi connectivity index (χ0n) is 14.5. The monoisotopic (exact) mass is 421 g/mol. The minimum absolute atomic E-state index is 0. The molecule has 1 saturated heterocycles. The Hall–Kier alpha value is -1.93. The van der Waals surface area contributed by atoms with E-state index in [4.69, 9.17) is 5.73 Å². The average molecular weight is 422 g/mol. The standard InChI is InChI=1S/C19H19N3O2S2.ClH/c20-17(13-4-2-1-3-5-13)19(24)22-9-7-21(8-10-22)18(23)16-12-15-14(26-16)6-11-25-15;/h1-6,11-12,17H,7-10,20H2;1H. The predicted molar refractivity (Wildman–Crippen MR) is 113 cm³/mol. The van der Waals surface area contributed by atoms with Crippen LogP contribution in [0.3, 0.4) is 0 Å². The van der Waals surface area contributed by atoms with Gasteiger partial charge in [-0.3, -0.25) is 9.59 Å². The molecule has 1 unspecified atom stereocenters. The van der Waals surface area contributed by atoms with Crippen molar-refractivity contribution < 1.29 is 9.59 Å². The van der Waals surface area contributed by atoms with E-state index in [1.54, 1.807) is 16.2 Å². The first-order chi connectivity index (χ1) is 12.6. The van der Waals surface area contributed by atoms with Crippen LogP contribution in [-0.2, 0) is 4.79 Å². The van der Waals surface area contributed by atoms with Crippen molar-refractivity contribution in [2.24, 2.45) is 5.73 Å². The number of hydrogen-bond donors (Lipinski definition) is 1. The van der Waals surface area contributed by atoms with Crippen molar-refractivity contribution in [3.05, 3.63) is 58.3 Å². The number of fused-ring (bicyclic) bond motifs is 1. The molecule has 1 aromatic carbocycles. The van der Waals surface area contributed by atoms with Gasteiger partial charge in [0.1, 0.15) is 6.04 Å². The normalized spacial score (nSPS) is 15.4. The fraction of sp³-hybridized carbons (Fsp3) is 0.263. The van der Waals surface area contributed by atoms with E-state index in [1.807, 2.05) is 52.7 Å². The Labute approximate surface area is 171 Å². The summed E-state index contributed by atoms with van der Waals surface area (Å²) in [5.74, 6) is -0.0298. The number of nitrogens with two attached hydrogens (primary N) is 1. The smallest absolute Gasteiger partial charge is 0.264 e. The molecular formula is C19H20ClN3O2S2. The number of carbonyl (C=O) groups is 2. The van der Waals surface area contributed by atoms with Gasteiger partial charge in [0, 0.05) is 35.6 Å². The van der Waals surface area contributed by atoms with Crippen molar-refractivity contribution in [1.82, 2.24) is 9.80 Å². The Kier molecular flexibility index (Phi) is 6.16. The lowest BCUT2D eigenvalue weighted by molar-refractivity contribution is -0.134. The lowest BCUT2D eigenvalue weighted by atomic mass is 10.1. The second-order valence-corrected chi connectivity index (χ2v) is 8.30. The molecule has 1 atom stereocenters. The van der Waals surface area contributed by atoms with Crippen LogP contribution in [0.2, 0.25) is 0 Å². The zero-order chi connectivity index (χ0) is 18.1. The Bertz CT molecular complexity index is 904. The van der Waals surface area contributed by atoms with Crippen LogP contribution in [0.25, 0.3) is 9.40 Å². The summed E-state index contributed by atoms with van der Waals surface area (Å²) >= 11 is 3.18. The molecular weight excluding hydrogens is 402 g/mol. The van der Waals surface area contributed by atoms with E-state index in [2.05, 4.69) is 0 Å².